The maximum Gasteiger partial charge on any atom is 0.256 e. The zero-order valence-electron chi connectivity index (χ0n) is 13.0. The quantitative estimate of drug-likeness (QED) is 0.590. The first-order valence-electron chi connectivity index (χ1n) is 7.64. The molecule has 0 bridgehead atoms. The van der Waals surface area contributed by atoms with Gasteiger partial charge in [0.05, 0.1) is 21.7 Å². The second kappa shape index (κ2) is 6.33. The number of nitrogens with one attached hydrogen (secondary N) is 2. The van der Waals surface area contributed by atoms with Crippen LogP contribution in [-0.4, -0.2) is 15.9 Å². The van der Waals surface area contributed by atoms with Crippen LogP contribution in [0, 0.1) is 0 Å². The average Bonchev–Trinajstić information content (AvgIpc) is 3.17. The Labute approximate surface area is 147 Å². The fourth-order valence-electron chi connectivity index (χ4n) is 2.62. The number of anilines is 1. The van der Waals surface area contributed by atoms with Crippen LogP contribution in [0.5, 0.6) is 0 Å². The topological polar surface area (TPSA) is 74.8 Å². The third-order valence-corrected chi connectivity index (χ3v) is 4.70. The smallest absolute Gasteiger partial charge is 0.256 e. The Kier molecular flexibility index (Phi) is 3.87. The molecule has 0 unspecified atom stereocenters. The number of H-pyrrole nitrogens is 1. The van der Waals surface area contributed by atoms with Crippen LogP contribution in [0.15, 0.2) is 71.1 Å². The Morgan fingerprint density at radius 1 is 1.12 bits per heavy atom. The van der Waals surface area contributed by atoms with Gasteiger partial charge in [-0.15, -0.1) is 11.3 Å². The van der Waals surface area contributed by atoms with Gasteiger partial charge in [-0.2, -0.15) is 0 Å². The van der Waals surface area contributed by atoms with Crippen LogP contribution in [0.25, 0.3) is 21.5 Å². The molecule has 4 aromatic rings. The summed E-state index contributed by atoms with van der Waals surface area (Å²) in [5.74, 6) is -0.340. The van der Waals surface area contributed by atoms with Gasteiger partial charge in [-0.25, -0.2) is 4.98 Å². The Hall–Kier alpha value is -3.25. The molecular formula is C19H13N3O2S. The van der Waals surface area contributed by atoms with Crippen LogP contribution in [0.1, 0.15) is 10.4 Å². The van der Waals surface area contributed by atoms with Crippen molar-refractivity contribution in [2.45, 2.75) is 0 Å². The molecular weight excluding hydrogens is 334 g/mol. The predicted molar refractivity (Wildman–Crippen MR) is 100 cm³/mol. The molecule has 0 spiro atoms. The SMILES string of the molecule is O=C(Nc1c[nH]ccc1=O)c1cc(-c2cccs2)nc2ccccc12. The minimum absolute atomic E-state index is 0.214. The van der Waals surface area contributed by atoms with Crippen LogP contribution in [0.2, 0.25) is 0 Å². The number of amides is 1. The molecule has 25 heavy (non-hydrogen) atoms. The van der Waals surface area contributed by atoms with E-state index in [1.54, 1.807) is 17.4 Å². The highest BCUT2D eigenvalue weighted by Crippen LogP contribution is 2.28. The van der Waals surface area contributed by atoms with Gasteiger partial charge in [-0.3, -0.25) is 9.59 Å². The second-order valence-electron chi connectivity index (χ2n) is 5.43. The highest BCUT2D eigenvalue weighted by molar-refractivity contribution is 7.13. The van der Waals surface area contributed by atoms with Crippen LogP contribution >= 0.6 is 11.3 Å². The second-order valence-corrected chi connectivity index (χ2v) is 6.37. The fourth-order valence-corrected chi connectivity index (χ4v) is 3.30. The molecule has 2 N–H and O–H groups in total. The lowest BCUT2D eigenvalue weighted by molar-refractivity contribution is 0.102. The van der Waals surface area contributed by atoms with Gasteiger partial charge in [0.15, 0.2) is 0 Å². The molecule has 0 aliphatic carbocycles. The summed E-state index contributed by atoms with van der Waals surface area (Å²) in [6.45, 7) is 0. The summed E-state index contributed by atoms with van der Waals surface area (Å²) in [6.07, 6.45) is 3.00. The van der Waals surface area contributed by atoms with E-state index in [1.807, 2.05) is 41.8 Å². The Morgan fingerprint density at radius 2 is 2.00 bits per heavy atom. The Bertz CT molecular complexity index is 1120. The van der Waals surface area contributed by atoms with Crippen molar-refractivity contribution in [3.05, 3.63) is 82.1 Å². The average molecular weight is 347 g/mol. The number of para-hydroxylation sites is 1. The lowest BCUT2D eigenvalue weighted by atomic mass is 10.1. The van der Waals surface area contributed by atoms with Gasteiger partial charge in [0.25, 0.3) is 5.91 Å². The molecule has 0 aliphatic rings. The Morgan fingerprint density at radius 3 is 2.80 bits per heavy atom. The number of hydrogen-bond acceptors (Lipinski definition) is 4. The van der Waals surface area contributed by atoms with Crippen molar-refractivity contribution in [3.63, 3.8) is 0 Å². The number of rotatable bonds is 3. The van der Waals surface area contributed by atoms with Gasteiger partial charge in [0.1, 0.15) is 5.69 Å². The first kappa shape index (κ1) is 15.3. The van der Waals surface area contributed by atoms with Crippen molar-refractivity contribution in [2.75, 3.05) is 5.32 Å². The number of hydrogen-bond donors (Lipinski definition) is 2. The summed E-state index contributed by atoms with van der Waals surface area (Å²) >= 11 is 1.56. The lowest BCUT2D eigenvalue weighted by Gasteiger charge is -2.09. The van der Waals surface area contributed by atoms with E-state index in [1.165, 1.54) is 18.5 Å². The summed E-state index contributed by atoms with van der Waals surface area (Å²) in [5, 5.41) is 5.40. The van der Waals surface area contributed by atoms with Gasteiger partial charge in [-0.1, -0.05) is 24.3 Å². The predicted octanol–water partition coefficient (Wildman–Crippen LogP) is 3.90. The highest BCUT2D eigenvalue weighted by atomic mass is 32.1. The van der Waals surface area contributed by atoms with Gasteiger partial charge in [0.2, 0.25) is 5.43 Å². The van der Waals surface area contributed by atoms with Gasteiger partial charge < -0.3 is 10.3 Å². The van der Waals surface area contributed by atoms with Crippen molar-refractivity contribution in [1.29, 1.82) is 0 Å². The van der Waals surface area contributed by atoms with E-state index >= 15 is 0 Å². The number of nitrogens with zero attached hydrogens (tertiary/aromatic N) is 1. The van der Waals surface area contributed by atoms with E-state index in [0.29, 0.717) is 5.56 Å². The molecule has 0 radical (unpaired) electrons. The fraction of sp³-hybridized carbons (Fsp3) is 0. The molecule has 122 valence electrons. The summed E-state index contributed by atoms with van der Waals surface area (Å²) in [6, 6.07) is 14.5. The van der Waals surface area contributed by atoms with Gasteiger partial charge >= 0.3 is 0 Å². The lowest BCUT2D eigenvalue weighted by Crippen LogP contribution is -2.18. The number of benzene rings is 1. The summed E-state index contributed by atoms with van der Waals surface area (Å²) in [4.78, 5) is 33.1. The molecule has 5 nitrogen and oxygen atoms in total. The number of aromatic amines is 1. The summed E-state index contributed by atoms with van der Waals surface area (Å²) in [7, 11) is 0. The van der Waals surface area contributed by atoms with E-state index in [4.69, 9.17) is 0 Å². The highest BCUT2D eigenvalue weighted by Gasteiger charge is 2.15. The van der Waals surface area contributed by atoms with Crippen LogP contribution in [0.3, 0.4) is 0 Å². The van der Waals surface area contributed by atoms with Crippen molar-refractivity contribution < 1.29 is 4.79 Å². The largest absolute Gasteiger partial charge is 0.366 e. The first-order valence-corrected chi connectivity index (χ1v) is 8.52. The van der Waals surface area contributed by atoms with E-state index < -0.39 is 0 Å². The minimum atomic E-state index is -0.340. The molecule has 1 aromatic carbocycles. The van der Waals surface area contributed by atoms with Crippen molar-refractivity contribution in [3.8, 4) is 10.6 Å². The minimum Gasteiger partial charge on any atom is -0.366 e. The maximum absolute atomic E-state index is 12.8. The first-order chi connectivity index (χ1) is 12.2. The van der Waals surface area contributed by atoms with Crippen LogP contribution in [-0.2, 0) is 0 Å². The third-order valence-electron chi connectivity index (χ3n) is 3.81. The van der Waals surface area contributed by atoms with Crippen LogP contribution in [0.4, 0.5) is 5.69 Å². The van der Waals surface area contributed by atoms with E-state index in [0.717, 1.165) is 21.5 Å². The number of carbonyl (C=O) groups is 1. The summed E-state index contributed by atoms with van der Waals surface area (Å²) < 4.78 is 0. The van der Waals surface area contributed by atoms with E-state index in [2.05, 4.69) is 15.3 Å². The molecule has 1 amide bonds. The van der Waals surface area contributed by atoms with Gasteiger partial charge in [0, 0.05) is 23.8 Å². The van der Waals surface area contributed by atoms with E-state index in [-0.39, 0.29) is 17.0 Å². The molecule has 3 aromatic heterocycles. The number of carbonyl (C=O) groups excluding carboxylic acids is 1. The zero-order chi connectivity index (χ0) is 17.2. The number of thiophene rings is 1. The number of fused-ring (bicyclic) bond motifs is 1. The summed E-state index contributed by atoms with van der Waals surface area (Å²) in [5.41, 5.74) is 1.92. The molecule has 0 saturated heterocycles. The van der Waals surface area contributed by atoms with Crippen molar-refractivity contribution in [2.24, 2.45) is 0 Å². The molecule has 6 heteroatoms. The normalized spacial score (nSPS) is 10.7. The monoisotopic (exact) mass is 347 g/mol. The number of aromatic nitrogens is 2. The van der Waals surface area contributed by atoms with E-state index in [9.17, 15) is 9.59 Å². The molecule has 0 fully saturated rings. The molecule has 0 atom stereocenters. The van der Waals surface area contributed by atoms with Crippen molar-refractivity contribution in [1.82, 2.24) is 9.97 Å². The molecule has 0 saturated carbocycles. The standard InChI is InChI=1S/C19H13N3O2S/c23-17-7-8-20-11-16(17)22-19(24)13-10-15(18-6-3-9-25-18)21-14-5-2-1-4-12(13)14/h1-11H,(H,20,23)(H,22,24). The molecule has 3 heterocycles. The zero-order valence-corrected chi connectivity index (χ0v) is 13.8. The van der Waals surface area contributed by atoms with Gasteiger partial charge in [-0.05, 0) is 23.6 Å². The van der Waals surface area contributed by atoms with Crippen molar-refractivity contribution >= 4 is 33.8 Å². The molecule has 0 aliphatic heterocycles. The third kappa shape index (κ3) is 2.95. The maximum atomic E-state index is 12.8. The Balaban J connectivity index is 1.84. The molecule has 4 rings (SSSR count). The van der Waals surface area contributed by atoms with Crippen LogP contribution < -0.4 is 10.7 Å². The number of pyridine rings is 2.